The van der Waals surface area contributed by atoms with Crippen LogP contribution in [-0.4, -0.2) is 88.0 Å². The number of ether oxygens (including phenoxy) is 1. The Morgan fingerprint density at radius 1 is 1.38 bits per heavy atom. The van der Waals surface area contributed by atoms with Gasteiger partial charge in [0.05, 0.1) is 6.26 Å². The Balaban J connectivity index is 0.000000739. The Kier molecular flexibility index (Phi) is 8.62. The van der Waals surface area contributed by atoms with E-state index in [1.165, 1.54) is 31.2 Å². The van der Waals surface area contributed by atoms with E-state index in [1.807, 2.05) is 0 Å². The van der Waals surface area contributed by atoms with Gasteiger partial charge in [0.1, 0.15) is 30.8 Å². The zero-order chi connectivity index (χ0) is 25.6. The maximum Gasteiger partial charge on any atom is 0.404 e. The van der Waals surface area contributed by atoms with Crippen LogP contribution in [0.3, 0.4) is 0 Å². The van der Waals surface area contributed by atoms with Gasteiger partial charge in [-0.3, -0.25) is 23.6 Å². The number of oxime groups is 1. The number of furan rings is 1. The highest BCUT2D eigenvalue weighted by Crippen LogP contribution is 2.40. The summed E-state index contributed by atoms with van der Waals surface area (Å²) in [5.41, 5.74) is 4.68. The molecule has 1 aromatic heterocycles. The number of aliphatic carboxylic acids is 1. The van der Waals surface area contributed by atoms with Crippen LogP contribution < -0.4 is 11.1 Å². The number of carboxylic acids is 1. The Labute approximate surface area is 195 Å². The molecule has 0 aliphatic carbocycles. The molecule has 3 heterocycles. The molecule has 0 aromatic carbocycles. The van der Waals surface area contributed by atoms with Crippen LogP contribution in [0.4, 0.5) is 4.79 Å². The monoisotopic (exact) mass is 522 g/mol. The minimum atomic E-state index is -4.67. The summed E-state index contributed by atoms with van der Waals surface area (Å²) in [5.74, 6) is -2.38. The third-order valence-electron chi connectivity index (χ3n) is 4.08. The Hall–Kier alpha value is -3.61. The number of nitrogens with one attached hydrogen (secondary N) is 1. The molecule has 2 aliphatic heterocycles. The third-order valence-corrected chi connectivity index (χ3v) is 5.42. The van der Waals surface area contributed by atoms with Crippen molar-refractivity contribution in [2.45, 2.75) is 11.4 Å². The molecule has 2 atom stereocenters. The van der Waals surface area contributed by atoms with Gasteiger partial charge in [-0.1, -0.05) is 5.16 Å². The lowest BCUT2D eigenvalue weighted by molar-refractivity contribution is -0.150. The van der Waals surface area contributed by atoms with Crippen molar-refractivity contribution in [2.24, 2.45) is 10.9 Å². The molecule has 6 N–H and O–H groups in total. The molecule has 2 aliphatic rings. The van der Waals surface area contributed by atoms with Gasteiger partial charge in [-0.15, -0.1) is 11.8 Å². The predicted molar refractivity (Wildman–Crippen MR) is 112 cm³/mol. The molecule has 0 unspecified atom stereocenters. The van der Waals surface area contributed by atoms with E-state index in [0.29, 0.717) is 0 Å². The normalized spacial score (nSPS) is 19.8. The predicted octanol–water partition coefficient (Wildman–Crippen LogP) is -1.19. The fourth-order valence-electron chi connectivity index (χ4n) is 2.87. The molecule has 186 valence electrons. The van der Waals surface area contributed by atoms with Crippen molar-refractivity contribution >= 4 is 51.7 Å². The Morgan fingerprint density at radius 2 is 2.03 bits per heavy atom. The topological polar surface area (TPSA) is 248 Å². The summed E-state index contributed by atoms with van der Waals surface area (Å²) in [7, 11) is -3.41. The molecule has 0 bridgehead atoms. The standard InChI is InChI=1S/C16H16N4O8S.H2O4S/c1-26-19-9(8-3-2-4-27-8)12(21)18-10-13(22)20-11(15(23)24)7(5-28-16(17)25)6-29-14(10)20;1-5(2,3)4/h2-4,10,14H,5-6H2,1H3,(H2,17,25)(H,18,21)(H,23,24);(H2,1,2,3,4)/b19-9-;/t10-,14-;/m1./s1. The van der Waals surface area contributed by atoms with Crippen LogP contribution in [0.25, 0.3) is 0 Å². The van der Waals surface area contributed by atoms with Crippen molar-refractivity contribution < 1.29 is 55.8 Å². The van der Waals surface area contributed by atoms with E-state index in [2.05, 4.69) is 20.0 Å². The van der Waals surface area contributed by atoms with Gasteiger partial charge in [-0.2, -0.15) is 8.42 Å². The maximum atomic E-state index is 12.6. The molecule has 18 heteroatoms. The number of primary amides is 1. The number of thioether (sulfide) groups is 1. The van der Waals surface area contributed by atoms with Gasteiger partial charge >= 0.3 is 22.5 Å². The first-order chi connectivity index (χ1) is 15.8. The van der Waals surface area contributed by atoms with E-state index in [1.54, 1.807) is 6.07 Å². The molecule has 0 radical (unpaired) electrons. The summed E-state index contributed by atoms with van der Waals surface area (Å²) >= 11 is 1.21. The van der Waals surface area contributed by atoms with Gasteiger partial charge < -0.3 is 30.1 Å². The Morgan fingerprint density at radius 3 is 2.53 bits per heavy atom. The zero-order valence-corrected chi connectivity index (χ0v) is 18.7. The molecule has 3 rings (SSSR count). The molecule has 16 nitrogen and oxygen atoms in total. The summed E-state index contributed by atoms with van der Waals surface area (Å²) in [6, 6.07) is 2.08. The van der Waals surface area contributed by atoms with Crippen molar-refractivity contribution in [3.05, 3.63) is 35.4 Å². The van der Waals surface area contributed by atoms with Gasteiger partial charge in [0, 0.05) is 11.3 Å². The van der Waals surface area contributed by atoms with E-state index in [4.69, 9.17) is 27.7 Å². The van der Waals surface area contributed by atoms with Crippen LogP contribution in [0.15, 0.2) is 39.2 Å². The van der Waals surface area contributed by atoms with Gasteiger partial charge in [-0.05, 0) is 12.1 Å². The summed E-state index contributed by atoms with van der Waals surface area (Å²) in [6.45, 7) is -0.347. The molecule has 34 heavy (non-hydrogen) atoms. The molecule has 1 saturated heterocycles. The molecular formula is C16H18N4O12S2. The number of rotatable bonds is 7. The number of amides is 3. The number of nitrogens with two attached hydrogens (primary N) is 1. The number of hydrogen-bond donors (Lipinski definition) is 5. The fraction of sp³-hybridized carbons (Fsp3) is 0.312. The van der Waals surface area contributed by atoms with Gasteiger partial charge in [0.25, 0.3) is 11.8 Å². The first kappa shape index (κ1) is 26.6. The Bertz CT molecular complexity index is 1120. The van der Waals surface area contributed by atoms with E-state index in [9.17, 15) is 24.3 Å². The van der Waals surface area contributed by atoms with Crippen LogP contribution in [0.2, 0.25) is 0 Å². The van der Waals surface area contributed by atoms with Crippen molar-refractivity contribution in [3.8, 4) is 0 Å². The number of carbonyl (C=O) groups is 4. The number of β-lactam (4-membered cyclic amide) rings is 1. The summed E-state index contributed by atoms with van der Waals surface area (Å²) in [6.07, 6.45) is 0.290. The summed E-state index contributed by atoms with van der Waals surface area (Å²) in [4.78, 5) is 53.3. The van der Waals surface area contributed by atoms with Gasteiger partial charge in [0.2, 0.25) is 5.71 Å². The highest BCUT2D eigenvalue weighted by atomic mass is 32.3. The van der Waals surface area contributed by atoms with Gasteiger partial charge in [0.15, 0.2) is 5.76 Å². The maximum absolute atomic E-state index is 12.6. The molecule has 3 amide bonds. The summed E-state index contributed by atoms with van der Waals surface area (Å²) in [5, 5.41) is 15.0. The van der Waals surface area contributed by atoms with Crippen molar-refractivity contribution in [3.63, 3.8) is 0 Å². The minimum absolute atomic E-state index is 0.140. The number of hydrogen-bond acceptors (Lipinski definition) is 11. The zero-order valence-electron chi connectivity index (χ0n) is 17.1. The lowest BCUT2D eigenvalue weighted by Gasteiger charge is -2.49. The highest BCUT2D eigenvalue weighted by Gasteiger charge is 2.54. The third kappa shape index (κ3) is 6.70. The molecule has 1 aromatic rings. The van der Waals surface area contributed by atoms with E-state index >= 15 is 0 Å². The number of carbonyl (C=O) groups excluding carboxylic acids is 3. The first-order valence-electron chi connectivity index (χ1n) is 8.83. The van der Waals surface area contributed by atoms with E-state index < -0.39 is 45.7 Å². The molecule has 1 fully saturated rings. The first-order valence-corrected chi connectivity index (χ1v) is 11.3. The lowest BCUT2D eigenvalue weighted by Crippen LogP contribution is -2.71. The number of nitrogens with zero attached hydrogens (tertiary/aromatic N) is 2. The molecule has 0 spiro atoms. The van der Waals surface area contributed by atoms with E-state index in [-0.39, 0.29) is 35.1 Å². The minimum Gasteiger partial charge on any atom is -0.477 e. The van der Waals surface area contributed by atoms with E-state index in [0.717, 1.165) is 4.90 Å². The average molecular weight is 522 g/mol. The van der Waals surface area contributed by atoms with Crippen LogP contribution in [0, 0.1) is 0 Å². The van der Waals surface area contributed by atoms with Crippen molar-refractivity contribution in [1.29, 1.82) is 0 Å². The van der Waals surface area contributed by atoms with Crippen LogP contribution in [0.1, 0.15) is 5.76 Å². The SMILES string of the molecule is CO/N=C(\C(=O)N[C@@H]1C(=O)N2C(C(=O)O)=C(COC(N)=O)CS[C@H]12)c1ccco1.O=S(=O)(O)O. The highest BCUT2D eigenvalue weighted by molar-refractivity contribution is 8.00. The van der Waals surface area contributed by atoms with Crippen LogP contribution in [0.5, 0.6) is 0 Å². The second kappa shape index (κ2) is 11.0. The smallest absolute Gasteiger partial charge is 0.404 e. The van der Waals surface area contributed by atoms with Crippen molar-refractivity contribution in [1.82, 2.24) is 10.2 Å². The van der Waals surface area contributed by atoms with Crippen molar-refractivity contribution in [2.75, 3.05) is 19.5 Å². The molecular weight excluding hydrogens is 504 g/mol. The van der Waals surface area contributed by atoms with Crippen LogP contribution >= 0.6 is 11.8 Å². The number of fused-ring (bicyclic) bond motifs is 1. The quantitative estimate of drug-likeness (QED) is 0.122. The fourth-order valence-corrected chi connectivity index (χ4v) is 4.19. The van der Waals surface area contributed by atoms with Gasteiger partial charge in [-0.25, -0.2) is 9.59 Å². The second-order valence-corrected chi connectivity index (χ2v) is 8.27. The number of carboxylic acid groups (broad SMARTS) is 1. The molecule has 0 saturated carbocycles. The largest absolute Gasteiger partial charge is 0.477 e. The van der Waals surface area contributed by atoms with Crippen LogP contribution in [-0.2, 0) is 34.4 Å². The average Bonchev–Trinajstić information content (AvgIpc) is 3.26. The summed E-state index contributed by atoms with van der Waals surface area (Å²) < 4.78 is 41.4. The lowest BCUT2D eigenvalue weighted by atomic mass is 10.0. The second-order valence-electron chi connectivity index (χ2n) is 6.27.